The molecule has 0 spiro atoms. The molecule has 2 nitrogen and oxygen atoms in total. The summed E-state index contributed by atoms with van der Waals surface area (Å²) < 4.78 is 4.55. The van der Waals surface area contributed by atoms with E-state index in [1.165, 1.54) is 19.3 Å². The van der Waals surface area contributed by atoms with Gasteiger partial charge in [-0.1, -0.05) is 39.0 Å². The van der Waals surface area contributed by atoms with Crippen molar-refractivity contribution < 1.29 is 9.53 Å². The summed E-state index contributed by atoms with van der Waals surface area (Å²) in [6.45, 7) is 4.85. The number of rotatable bonds is 8. The Kier molecular flexibility index (Phi) is 9.01. The summed E-state index contributed by atoms with van der Waals surface area (Å²) in [5.74, 6) is 0. The molecule has 0 rings (SSSR count). The quantitative estimate of drug-likeness (QED) is 0.399. The maximum atomic E-state index is 9.71. The smallest absolute Gasteiger partial charge is 0.293 e. The average Bonchev–Trinajstić information content (AvgIpc) is 2.03. The van der Waals surface area contributed by atoms with Crippen LogP contribution in [-0.2, 0) is 9.53 Å². The van der Waals surface area contributed by atoms with Crippen LogP contribution in [0.15, 0.2) is 0 Å². The van der Waals surface area contributed by atoms with E-state index in [0.717, 1.165) is 19.3 Å². The van der Waals surface area contributed by atoms with Gasteiger partial charge < -0.3 is 4.74 Å². The van der Waals surface area contributed by atoms with E-state index < -0.39 is 0 Å². The number of hydrogen-bond donors (Lipinski definition) is 0. The SMILES string of the molecule is [CH2]CCCCCCCOC=O. The highest BCUT2D eigenvalue weighted by molar-refractivity contribution is 5.36. The zero-order chi connectivity index (χ0) is 8.36. The predicted molar refractivity (Wildman–Crippen MR) is 45.1 cm³/mol. The fourth-order valence-corrected chi connectivity index (χ4v) is 0.941. The first-order chi connectivity index (χ1) is 5.41. The second-order valence-corrected chi connectivity index (χ2v) is 2.59. The van der Waals surface area contributed by atoms with E-state index >= 15 is 0 Å². The van der Waals surface area contributed by atoms with Crippen molar-refractivity contribution in [2.24, 2.45) is 0 Å². The fourth-order valence-electron chi connectivity index (χ4n) is 0.941. The molecule has 0 saturated carbocycles. The molecule has 0 fully saturated rings. The Balaban J connectivity index is 2.74. The van der Waals surface area contributed by atoms with E-state index in [9.17, 15) is 4.79 Å². The van der Waals surface area contributed by atoms with Gasteiger partial charge in [0.15, 0.2) is 0 Å². The van der Waals surface area contributed by atoms with Gasteiger partial charge in [0.2, 0.25) is 0 Å². The second-order valence-electron chi connectivity index (χ2n) is 2.59. The van der Waals surface area contributed by atoms with E-state index in [0.29, 0.717) is 13.1 Å². The van der Waals surface area contributed by atoms with Gasteiger partial charge in [-0.05, 0) is 6.42 Å². The molecular formula is C9H17O2. The fraction of sp³-hybridized carbons (Fsp3) is 0.778. The van der Waals surface area contributed by atoms with Crippen LogP contribution in [0.3, 0.4) is 0 Å². The van der Waals surface area contributed by atoms with Gasteiger partial charge in [-0.25, -0.2) is 0 Å². The number of carbonyl (C=O) groups is 1. The lowest BCUT2D eigenvalue weighted by Crippen LogP contribution is -1.91. The van der Waals surface area contributed by atoms with Gasteiger partial charge in [0.25, 0.3) is 6.47 Å². The van der Waals surface area contributed by atoms with Crippen LogP contribution < -0.4 is 0 Å². The first kappa shape index (κ1) is 10.5. The molecule has 0 aliphatic rings. The highest BCUT2D eigenvalue weighted by Crippen LogP contribution is 2.04. The molecule has 0 aromatic heterocycles. The Morgan fingerprint density at radius 3 is 2.36 bits per heavy atom. The molecule has 2 heteroatoms. The number of hydrogen-bond acceptors (Lipinski definition) is 2. The summed E-state index contributed by atoms with van der Waals surface area (Å²) in [6, 6.07) is 0. The maximum Gasteiger partial charge on any atom is 0.293 e. The molecule has 0 saturated heterocycles. The minimum Gasteiger partial charge on any atom is -0.468 e. The Hall–Kier alpha value is -0.530. The second kappa shape index (κ2) is 9.47. The monoisotopic (exact) mass is 157 g/mol. The lowest BCUT2D eigenvalue weighted by molar-refractivity contribution is -0.128. The van der Waals surface area contributed by atoms with Crippen molar-refractivity contribution >= 4 is 6.47 Å². The third kappa shape index (κ3) is 9.47. The van der Waals surface area contributed by atoms with Gasteiger partial charge in [0.05, 0.1) is 6.61 Å². The third-order valence-electron chi connectivity index (χ3n) is 1.58. The van der Waals surface area contributed by atoms with Crippen LogP contribution in [0.4, 0.5) is 0 Å². The summed E-state index contributed by atoms with van der Waals surface area (Å²) in [7, 11) is 0. The Morgan fingerprint density at radius 1 is 1.09 bits per heavy atom. The van der Waals surface area contributed by atoms with Crippen molar-refractivity contribution in [3.63, 3.8) is 0 Å². The number of carbonyl (C=O) groups excluding carboxylic acids is 1. The summed E-state index contributed by atoms with van der Waals surface area (Å²) in [4.78, 5) is 9.71. The van der Waals surface area contributed by atoms with Crippen molar-refractivity contribution in [2.45, 2.75) is 38.5 Å². The van der Waals surface area contributed by atoms with Crippen LogP contribution in [-0.4, -0.2) is 13.1 Å². The van der Waals surface area contributed by atoms with Crippen molar-refractivity contribution in [3.8, 4) is 0 Å². The molecule has 0 amide bonds. The minimum absolute atomic E-state index is 0.510. The van der Waals surface area contributed by atoms with Gasteiger partial charge in [0.1, 0.15) is 0 Å². The van der Waals surface area contributed by atoms with Crippen molar-refractivity contribution in [1.82, 2.24) is 0 Å². The van der Waals surface area contributed by atoms with Gasteiger partial charge in [-0.15, -0.1) is 0 Å². The van der Waals surface area contributed by atoms with Crippen LogP contribution in [0.5, 0.6) is 0 Å². The summed E-state index contributed by atoms with van der Waals surface area (Å²) in [5, 5.41) is 0. The molecule has 0 atom stereocenters. The summed E-state index contributed by atoms with van der Waals surface area (Å²) in [5.41, 5.74) is 0. The molecule has 0 N–H and O–H groups in total. The van der Waals surface area contributed by atoms with Crippen molar-refractivity contribution in [3.05, 3.63) is 6.92 Å². The normalized spacial score (nSPS) is 9.55. The topological polar surface area (TPSA) is 26.3 Å². The van der Waals surface area contributed by atoms with Gasteiger partial charge >= 0.3 is 0 Å². The molecule has 0 aliphatic carbocycles. The number of ether oxygens (including phenoxy) is 1. The van der Waals surface area contributed by atoms with Crippen LogP contribution in [0.25, 0.3) is 0 Å². The maximum absolute atomic E-state index is 9.71. The summed E-state index contributed by atoms with van der Waals surface area (Å²) >= 11 is 0. The molecule has 0 unspecified atom stereocenters. The Morgan fingerprint density at radius 2 is 1.73 bits per heavy atom. The zero-order valence-electron chi connectivity index (χ0n) is 7.05. The van der Waals surface area contributed by atoms with Crippen LogP contribution in [0.2, 0.25) is 0 Å². The first-order valence-corrected chi connectivity index (χ1v) is 4.26. The van der Waals surface area contributed by atoms with Crippen molar-refractivity contribution in [1.29, 1.82) is 0 Å². The molecule has 0 bridgehead atoms. The predicted octanol–water partition coefficient (Wildman–Crippen LogP) is 2.33. The molecule has 65 valence electrons. The molecular weight excluding hydrogens is 140 g/mol. The Bertz CT molecular complexity index is 81.6. The minimum atomic E-state index is 0.510. The zero-order valence-corrected chi connectivity index (χ0v) is 7.05. The highest BCUT2D eigenvalue weighted by atomic mass is 16.5. The summed E-state index contributed by atoms with van der Waals surface area (Å²) in [6.07, 6.45) is 6.89. The lowest BCUT2D eigenvalue weighted by Gasteiger charge is -1.98. The molecule has 1 radical (unpaired) electrons. The Labute approximate surface area is 68.9 Å². The molecule has 0 aromatic carbocycles. The van der Waals surface area contributed by atoms with Gasteiger partial charge in [0, 0.05) is 0 Å². The largest absolute Gasteiger partial charge is 0.468 e. The molecule has 11 heavy (non-hydrogen) atoms. The number of unbranched alkanes of at least 4 members (excludes halogenated alkanes) is 5. The van der Waals surface area contributed by atoms with E-state index in [4.69, 9.17) is 0 Å². The molecule has 0 aromatic rings. The van der Waals surface area contributed by atoms with E-state index in [1.807, 2.05) is 0 Å². The van der Waals surface area contributed by atoms with E-state index in [-0.39, 0.29) is 0 Å². The molecule has 0 aliphatic heterocycles. The first-order valence-electron chi connectivity index (χ1n) is 4.26. The molecule has 0 heterocycles. The van der Waals surface area contributed by atoms with Crippen LogP contribution in [0.1, 0.15) is 38.5 Å². The third-order valence-corrected chi connectivity index (χ3v) is 1.58. The van der Waals surface area contributed by atoms with Gasteiger partial charge in [-0.2, -0.15) is 0 Å². The van der Waals surface area contributed by atoms with Crippen LogP contribution in [0, 0.1) is 6.92 Å². The standard InChI is InChI=1S/C9H17O2/c1-2-3-4-5-6-7-8-11-9-10/h9H,1-8H2. The van der Waals surface area contributed by atoms with E-state index in [1.54, 1.807) is 0 Å². The van der Waals surface area contributed by atoms with Crippen LogP contribution >= 0.6 is 0 Å². The average molecular weight is 157 g/mol. The van der Waals surface area contributed by atoms with E-state index in [2.05, 4.69) is 11.7 Å². The lowest BCUT2D eigenvalue weighted by atomic mass is 10.1. The van der Waals surface area contributed by atoms with Gasteiger partial charge in [-0.3, -0.25) is 4.79 Å². The van der Waals surface area contributed by atoms with Crippen molar-refractivity contribution in [2.75, 3.05) is 6.61 Å². The highest BCUT2D eigenvalue weighted by Gasteiger charge is 1.88.